The van der Waals surface area contributed by atoms with Crippen LogP contribution in [0.25, 0.3) is 0 Å². The average Bonchev–Trinajstić information content (AvgIpc) is 2.94. The van der Waals surface area contributed by atoms with Crippen molar-refractivity contribution in [2.75, 3.05) is 26.7 Å². The maximum absolute atomic E-state index is 12.0. The van der Waals surface area contributed by atoms with Crippen molar-refractivity contribution in [1.82, 2.24) is 10.2 Å². The molecule has 1 N–H and O–H groups in total. The molecule has 6 heteroatoms. The summed E-state index contributed by atoms with van der Waals surface area (Å²) in [6.45, 7) is 2.69. The van der Waals surface area contributed by atoms with Crippen molar-refractivity contribution in [3.05, 3.63) is 29.8 Å². The SMILES string of the molecule is CNCC1CCN(C2=NS(=O)(=O)c3ccccc32)C1. The Morgan fingerprint density at radius 2 is 2.21 bits per heavy atom. The van der Waals surface area contributed by atoms with Crippen molar-refractivity contribution in [1.29, 1.82) is 0 Å². The molecule has 1 fully saturated rings. The lowest BCUT2D eigenvalue weighted by molar-refractivity contribution is 0.470. The summed E-state index contributed by atoms with van der Waals surface area (Å²) >= 11 is 0. The number of nitrogens with one attached hydrogen (secondary N) is 1. The first-order chi connectivity index (χ1) is 9.12. The predicted molar refractivity (Wildman–Crippen MR) is 73.8 cm³/mol. The summed E-state index contributed by atoms with van der Waals surface area (Å²) < 4.78 is 28.0. The Balaban J connectivity index is 1.91. The summed E-state index contributed by atoms with van der Waals surface area (Å²) in [6, 6.07) is 7.06. The number of hydrogen-bond acceptors (Lipinski definition) is 4. The second-order valence-corrected chi connectivity index (χ2v) is 6.62. The smallest absolute Gasteiger partial charge is 0.285 e. The van der Waals surface area contributed by atoms with Crippen molar-refractivity contribution in [3.63, 3.8) is 0 Å². The summed E-state index contributed by atoms with van der Waals surface area (Å²) in [5.41, 5.74) is 0.743. The number of fused-ring (bicyclic) bond motifs is 1. The molecule has 0 amide bonds. The summed E-state index contributed by atoms with van der Waals surface area (Å²) in [5.74, 6) is 1.18. The number of sulfonamides is 1. The molecule has 102 valence electrons. The van der Waals surface area contributed by atoms with Crippen LogP contribution in [0.4, 0.5) is 0 Å². The summed E-state index contributed by atoms with van der Waals surface area (Å²) in [6.07, 6.45) is 1.07. The van der Waals surface area contributed by atoms with Crippen LogP contribution in [0.5, 0.6) is 0 Å². The molecular formula is C13H17N3O2S. The maximum atomic E-state index is 12.0. The van der Waals surface area contributed by atoms with Gasteiger partial charge in [0.25, 0.3) is 10.0 Å². The Labute approximate surface area is 113 Å². The third kappa shape index (κ3) is 2.15. The van der Waals surface area contributed by atoms with Crippen molar-refractivity contribution in [2.24, 2.45) is 10.3 Å². The number of benzene rings is 1. The fourth-order valence-corrected chi connectivity index (χ4v) is 4.02. The Kier molecular flexibility index (Phi) is 3.06. The molecule has 1 atom stereocenters. The minimum absolute atomic E-state index is 0.335. The van der Waals surface area contributed by atoms with Gasteiger partial charge in [-0.3, -0.25) is 0 Å². The number of rotatable bonds is 2. The van der Waals surface area contributed by atoms with Gasteiger partial charge in [-0.2, -0.15) is 8.42 Å². The molecule has 5 nitrogen and oxygen atoms in total. The van der Waals surface area contributed by atoms with Gasteiger partial charge in [-0.1, -0.05) is 12.1 Å². The van der Waals surface area contributed by atoms with E-state index in [4.69, 9.17) is 0 Å². The number of hydrogen-bond donors (Lipinski definition) is 1. The van der Waals surface area contributed by atoms with Gasteiger partial charge in [0.2, 0.25) is 0 Å². The molecule has 0 aliphatic carbocycles. The van der Waals surface area contributed by atoms with Gasteiger partial charge in [0, 0.05) is 18.7 Å². The summed E-state index contributed by atoms with van der Waals surface area (Å²) in [4.78, 5) is 2.42. The van der Waals surface area contributed by atoms with E-state index in [1.807, 2.05) is 19.2 Å². The van der Waals surface area contributed by atoms with E-state index in [2.05, 4.69) is 14.6 Å². The fourth-order valence-electron chi connectivity index (χ4n) is 2.80. The molecule has 1 aromatic carbocycles. The molecule has 1 unspecified atom stereocenters. The van der Waals surface area contributed by atoms with Gasteiger partial charge in [-0.25, -0.2) is 0 Å². The zero-order valence-electron chi connectivity index (χ0n) is 10.8. The Bertz CT molecular complexity index is 625. The van der Waals surface area contributed by atoms with Crippen LogP contribution in [0.15, 0.2) is 33.6 Å². The van der Waals surface area contributed by atoms with Gasteiger partial charge >= 0.3 is 0 Å². The highest BCUT2D eigenvalue weighted by atomic mass is 32.2. The van der Waals surface area contributed by atoms with Crippen LogP contribution >= 0.6 is 0 Å². The standard InChI is InChI=1S/C13H17N3O2S/c1-14-8-10-6-7-16(9-10)13-11-4-2-3-5-12(11)19(17,18)15-13/h2-5,10,14H,6-9H2,1H3. The van der Waals surface area contributed by atoms with E-state index in [0.717, 1.165) is 31.6 Å². The predicted octanol–water partition coefficient (Wildman–Crippen LogP) is 0.677. The summed E-state index contributed by atoms with van der Waals surface area (Å²) in [5, 5.41) is 3.17. The highest BCUT2D eigenvalue weighted by Gasteiger charge is 2.34. The third-order valence-corrected chi connectivity index (χ3v) is 5.02. The Morgan fingerprint density at radius 3 is 3.00 bits per heavy atom. The second kappa shape index (κ2) is 4.61. The maximum Gasteiger partial charge on any atom is 0.285 e. The molecule has 0 radical (unpaired) electrons. The van der Waals surface area contributed by atoms with Crippen LogP contribution in [-0.4, -0.2) is 45.8 Å². The minimum Gasteiger partial charge on any atom is -0.355 e. The molecule has 1 aromatic rings. The van der Waals surface area contributed by atoms with E-state index in [9.17, 15) is 8.42 Å². The lowest BCUT2D eigenvalue weighted by Gasteiger charge is -2.18. The minimum atomic E-state index is -3.49. The zero-order valence-corrected chi connectivity index (χ0v) is 11.7. The molecule has 2 aliphatic rings. The van der Waals surface area contributed by atoms with E-state index < -0.39 is 10.0 Å². The van der Waals surface area contributed by atoms with Gasteiger partial charge in [-0.15, -0.1) is 4.40 Å². The molecule has 3 rings (SSSR count). The van der Waals surface area contributed by atoms with Gasteiger partial charge in [0.1, 0.15) is 4.90 Å². The van der Waals surface area contributed by atoms with E-state index >= 15 is 0 Å². The molecule has 0 aromatic heterocycles. The first kappa shape index (κ1) is 12.6. The van der Waals surface area contributed by atoms with Crippen LogP contribution in [0.1, 0.15) is 12.0 Å². The topological polar surface area (TPSA) is 61.8 Å². The number of amidine groups is 1. The van der Waals surface area contributed by atoms with E-state index in [1.54, 1.807) is 12.1 Å². The van der Waals surface area contributed by atoms with Crippen molar-refractivity contribution in [3.8, 4) is 0 Å². The van der Waals surface area contributed by atoms with Crippen LogP contribution < -0.4 is 5.32 Å². The third-order valence-electron chi connectivity index (χ3n) is 3.69. The quantitative estimate of drug-likeness (QED) is 0.864. The Morgan fingerprint density at radius 1 is 1.42 bits per heavy atom. The van der Waals surface area contributed by atoms with Crippen LogP contribution in [-0.2, 0) is 10.0 Å². The molecular weight excluding hydrogens is 262 g/mol. The number of likely N-dealkylation sites (tertiary alicyclic amines) is 1. The van der Waals surface area contributed by atoms with Crippen molar-refractivity contribution < 1.29 is 8.42 Å². The van der Waals surface area contributed by atoms with Crippen LogP contribution in [0, 0.1) is 5.92 Å². The molecule has 2 aliphatic heterocycles. The van der Waals surface area contributed by atoms with Crippen LogP contribution in [0.3, 0.4) is 0 Å². The lowest BCUT2D eigenvalue weighted by atomic mass is 10.1. The normalized spacial score (nSPS) is 24.4. The largest absolute Gasteiger partial charge is 0.355 e. The Hall–Kier alpha value is -1.40. The monoisotopic (exact) mass is 279 g/mol. The first-order valence-corrected chi connectivity index (χ1v) is 7.90. The van der Waals surface area contributed by atoms with Crippen molar-refractivity contribution in [2.45, 2.75) is 11.3 Å². The van der Waals surface area contributed by atoms with E-state index in [1.165, 1.54) is 0 Å². The van der Waals surface area contributed by atoms with Gasteiger partial charge in [0.05, 0.1) is 0 Å². The molecule has 0 saturated carbocycles. The first-order valence-electron chi connectivity index (χ1n) is 6.46. The van der Waals surface area contributed by atoms with Gasteiger partial charge in [0.15, 0.2) is 5.84 Å². The molecule has 0 bridgehead atoms. The lowest BCUT2D eigenvalue weighted by Crippen LogP contribution is -2.30. The number of nitrogens with zero attached hydrogens (tertiary/aromatic N) is 2. The fraction of sp³-hybridized carbons (Fsp3) is 0.462. The van der Waals surface area contributed by atoms with E-state index in [-0.39, 0.29) is 0 Å². The van der Waals surface area contributed by atoms with Gasteiger partial charge in [-0.05, 0) is 38.1 Å². The zero-order chi connectivity index (χ0) is 13.5. The second-order valence-electron chi connectivity index (χ2n) is 5.04. The van der Waals surface area contributed by atoms with E-state index in [0.29, 0.717) is 16.6 Å². The molecule has 1 saturated heterocycles. The van der Waals surface area contributed by atoms with Gasteiger partial charge < -0.3 is 10.2 Å². The highest BCUT2D eigenvalue weighted by Crippen LogP contribution is 2.29. The molecule has 2 heterocycles. The summed E-state index contributed by atoms with van der Waals surface area (Å²) in [7, 11) is -1.55. The van der Waals surface area contributed by atoms with Crippen molar-refractivity contribution >= 4 is 15.9 Å². The molecule has 19 heavy (non-hydrogen) atoms. The average molecular weight is 279 g/mol. The highest BCUT2D eigenvalue weighted by molar-refractivity contribution is 7.90. The molecule has 0 spiro atoms. The van der Waals surface area contributed by atoms with Crippen LogP contribution in [0.2, 0.25) is 0 Å².